The van der Waals surface area contributed by atoms with Gasteiger partial charge in [-0.2, -0.15) is 0 Å². The number of carbonyl (C=O) groups is 1. The van der Waals surface area contributed by atoms with Crippen LogP contribution in [0.25, 0.3) is 0 Å². The highest BCUT2D eigenvalue weighted by Crippen LogP contribution is 2.26. The van der Waals surface area contributed by atoms with Crippen molar-refractivity contribution in [2.75, 3.05) is 14.2 Å². The number of hydrogen-bond acceptors (Lipinski definition) is 5. The Labute approximate surface area is 87.6 Å². The molecule has 15 heavy (non-hydrogen) atoms. The number of esters is 1. The average Bonchev–Trinajstić information content (AvgIpc) is 2.26. The van der Waals surface area contributed by atoms with Gasteiger partial charge in [0.1, 0.15) is 0 Å². The Balaban J connectivity index is 3.07. The molecule has 0 heterocycles. The van der Waals surface area contributed by atoms with Gasteiger partial charge in [-0.3, -0.25) is 0 Å². The van der Waals surface area contributed by atoms with Crippen LogP contribution in [-0.2, 0) is 14.3 Å². The number of carbonyl (C=O) groups excluding carboxylic acids is 1. The topological polar surface area (TPSA) is 76.0 Å². The van der Waals surface area contributed by atoms with E-state index in [4.69, 9.17) is 4.74 Å². The second-order valence-corrected chi connectivity index (χ2v) is 3.15. The van der Waals surface area contributed by atoms with Gasteiger partial charge in [-0.1, -0.05) is 0 Å². The number of hydrogen-bond donors (Lipinski definition) is 2. The van der Waals surface area contributed by atoms with E-state index in [-0.39, 0.29) is 11.3 Å². The second-order valence-electron chi connectivity index (χ2n) is 3.15. The predicted octanol–water partition coefficient (Wildman–Crippen LogP) is 0.656. The van der Waals surface area contributed by atoms with Crippen LogP contribution in [0.2, 0.25) is 0 Å². The van der Waals surface area contributed by atoms with Crippen molar-refractivity contribution in [3.63, 3.8) is 0 Å². The lowest BCUT2D eigenvalue weighted by atomic mass is 9.96. The molecule has 1 unspecified atom stereocenters. The van der Waals surface area contributed by atoms with Gasteiger partial charge in [0.15, 0.2) is 6.29 Å². The standard InChI is InChI=1S/C10H14O5/c1-14-9(12)7-4-3-6(11)5-8(7)10(13)15-2/h5,9,11-12H,3-4H2,1-2H3. The summed E-state index contributed by atoms with van der Waals surface area (Å²) < 4.78 is 9.27. The summed E-state index contributed by atoms with van der Waals surface area (Å²) in [5.74, 6) is -0.491. The van der Waals surface area contributed by atoms with Gasteiger partial charge in [-0.15, -0.1) is 0 Å². The first kappa shape index (κ1) is 11.7. The van der Waals surface area contributed by atoms with Crippen LogP contribution in [0.5, 0.6) is 0 Å². The van der Waals surface area contributed by atoms with Crippen LogP contribution in [0, 0.1) is 0 Å². The third-order valence-corrected chi connectivity index (χ3v) is 2.23. The maximum Gasteiger partial charge on any atom is 0.338 e. The van der Waals surface area contributed by atoms with Crippen molar-refractivity contribution < 1.29 is 24.5 Å². The van der Waals surface area contributed by atoms with Crippen molar-refractivity contribution in [1.82, 2.24) is 0 Å². The van der Waals surface area contributed by atoms with Gasteiger partial charge in [0.2, 0.25) is 0 Å². The molecule has 1 aliphatic rings. The van der Waals surface area contributed by atoms with E-state index >= 15 is 0 Å². The Morgan fingerprint density at radius 2 is 2.13 bits per heavy atom. The highest BCUT2D eigenvalue weighted by atomic mass is 16.6. The molecule has 0 spiro atoms. The van der Waals surface area contributed by atoms with E-state index in [2.05, 4.69) is 4.74 Å². The highest BCUT2D eigenvalue weighted by molar-refractivity contribution is 5.93. The molecule has 2 N–H and O–H groups in total. The van der Waals surface area contributed by atoms with Crippen LogP contribution in [0.1, 0.15) is 12.8 Å². The summed E-state index contributed by atoms with van der Waals surface area (Å²) in [6.07, 6.45) is 0.925. The van der Waals surface area contributed by atoms with E-state index in [0.717, 1.165) is 0 Å². The Hall–Kier alpha value is -1.33. The van der Waals surface area contributed by atoms with Gasteiger partial charge in [-0.25, -0.2) is 4.79 Å². The van der Waals surface area contributed by atoms with Crippen molar-refractivity contribution in [3.05, 3.63) is 23.0 Å². The number of aliphatic hydroxyl groups is 2. The van der Waals surface area contributed by atoms with Gasteiger partial charge in [-0.05, 0) is 12.5 Å². The predicted molar refractivity (Wildman–Crippen MR) is 52.0 cm³/mol. The molecule has 0 aliphatic heterocycles. The quantitative estimate of drug-likeness (QED) is 0.533. The largest absolute Gasteiger partial charge is 0.512 e. The monoisotopic (exact) mass is 214 g/mol. The van der Waals surface area contributed by atoms with Crippen LogP contribution in [-0.4, -0.2) is 36.7 Å². The minimum atomic E-state index is -1.14. The maximum atomic E-state index is 11.3. The molecule has 0 saturated heterocycles. The van der Waals surface area contributed by atoms with Crippen LogP contribution in [0.3, 0.4) is 0 Å². The fourth-order valence-electron chi connectivity index (χ4n) is 1.43. The molecule has 0 aromatic carbocycles. The summed E-state index contributed by atoms with van der Waals surface area (Å²) in [4.78, 5) is 11.3. The molecule has 0 amide bonds. The van der Waals surface area contributed by atoms with E-state index in [1.54, 1.807) is 0 Å². The molecule has 0 saturated carbocycles. The van der Waals surface area contributed by atoms with E-state index in [1.807, 2.05) is 0 Å². The molecule has 5 heteroatoms. The summed E-state index contributed by atoms with van der Waals surface area (Å²) in [5, 5.41) is 18.8. The van der Waals surface area contributed by atoms with Gasteiger partial charge >= 0.3 is 5.97 Å². The van der Waals surface area contributed by atoms with E-state index in [0.29, 0.717) is 18.4 Å². The minimum Gasteiger partial charge on any atom is -0.512 e. The fraction of sp³-hybridized carbons (Fsp3) is 0.500. The molecule has 84 valence electrons. The number of allylic oxidation sites excluding steroid dienone is 1. The number of aliphatic hydroxyl groups excluding tert-OH is 2. The lowest BCUT2D eigenvalue weighted by Gasteiger charge is -2.19. The van der Waals surface area contributed by atoms with Crippen LogP contribution in [0.15, 0.2) is 23.0 Å². The number of rotatable bonds is 3. The zero-order valence-electron chi connectivity index (χ0n) is 8.69. The normalized spacial score (nSPS) is 18.5. The summed E-state index contributed by atoms with van der Waals surface area (Å²) >= 11 is 0. The van der Waals surface area contributed by atoms with Gasteiger partial charge < -0.3 is 19.7 Å². The van der Waals surface area contributed by atoms with E-state index in [9.17, 15) is 15.0 Å². The number of methoxy groups -OCH3 is 2. The molecule has 0 bridgehead atoms. The second kappa shape index (κ2) is 4.95. The molecule has 5 nitrogen and oxygen atoms in total. The zero-order valence-corrected chi connectivity index (χ0v) is 8.69. The summed E-state index contributed by atoms with van der Waals surface area (Å²) in [5.41, 5.74) is 0.595. The van der Waals surface area contributed by atoms with E-state index < -0.39 is 12.3 Å². The first-order valence-electron chi connectivity index (χ1n) is 4.52. The van der Waals surface area contributed by atoms with Crippen molar-refractivity contribution in [2.45, 2.75) is 19.1 Å². The molecular formula is C10H14O5. The molecule has 1 aliphatic carbocycles. The number of ether oxygens (including phenoxy) is 2. The first-order chi connectivity index (χ1) is 7.10. The smallest absolute Gasteiger partial charge is 0.338 e. The van der Waals surface area contributed by atoms with Gasteiger partial charge in [0.25, 0.3) is 0 Å². The third kappa shape index (κ3) is 2.57. The van der Waals surface area contributed by atoms with Crippen molar-refractivity contribution in [1.29, 1.82) is 0 Å². The summed E-state index contributed by atoms with van der Waals surface area (Å²) in [6.45, 7) is 0. The van der Waals surface area contributed by atoms with Crippen LogP contribution in [0.4, 0.5) is 0 Å². The fourth-order valence-corrected chi connectivity index (χ4v) is 1.43. The lowest BCUT2D eigenvalue weighted by Crippen LogP contribution is -2.20. The van der Waals surface area contributed by atoms with Gasteiger partial charge in [0, 0.05) is 19.1 Å². The Morgan fingerprint density at radius 1 is 1.47 bits per heavy atom. The first-order valence-corrected chi connectivity index (χ1v) is 4.52. The Bertz CT molecular complexity index is 316. The van der Waals surface area contributed by atoms with Crippen molar-refractivity contribution >= 4 is 5.97 Å². The average molecular weight is 214 g/mol. The molecule has 1 rings (SSSR count). The lowest BCUT2D eigenvalue weighted by molar-refractivity contribution is -0.136. The van der Waals surface area contributed by atoms with Gasteiger partial charge in [0.05, 0.1) is 18.4 Å². The van der Waals surface area contributed by atoms with Crippen LogP contribution >= 0.6 is 0 Å². The summed E-state index contributed by atoms with van der Waals surface area (Å²) in [6, 6.07) is 0. The highest BCUT2D eigenvalue weighted by Gasteiger charge is 2.24. The third-order valence-electron chi connectivity index (χ3n) is 2.23. The van der Waals surface area contributed by atoms with Crippen LogP contribution < -0.4 is 0 Å². The SMILES string of the molecule is COC(=O)C1=C(C(O)OC)CCC(O)=C1. The maximum absolute atomic E-state index is 11.3. The molecule has 0 fully saturated rings. The Morgan fingerprint density at radius 3 is 2.67 bits per heavy atom. The van der Waals surface area contributed by atoms with Crippen molar-refractivity contribution in [3.8, 4) is 0 Å². The molecular weight excluding hydrogens is 200 g/mol. The Kier molecular flexibility index (Phi) is 3.88. The molecule has 0 aromatic rings. The minimum absolute atomic E-state index is 0.0995. The van der Waals surface area contributed by atoms with Crippen molar-refractivity contribution in [2.24, 2.45) is 0 Å². The zero-order chi connectivity index (χ0) is 11.4. The molecule has 1 atom stereocenters. The molecule has 0 aromatic heterocycles. The van der Waals surface area contributed by atoms with E-state index in [1.165, 1.54) is 20.3 Å². The summed E-state index contributed by atoms with van der Waals surface area (Å²) in [7, 11) is 2.58. The molecule has 0 radical (unpaired) electrons.